The number of rotatable bonds is 6. The summed E-state index contributed by atoms with van der Waals surface area (Å²) in [6.07, 6.45) is 0.0815. The van der Waals surface area contributed by atoms with Gasteiger partial charge in [-0.25, -0.2) is 4.79 Å². The maximum absolute atomic E-state index is 12.9. The smallest absolute Gasteiger partial charge is 0.339 e. The SMILES string of the molecule is COc1ccc(NC(=O)CN(C)C(=O)c2ccc3c(c2)C[C@H](c2ccccc2)OC3=O)cc1. The molecule has 33 heavy (non-hydrogen) atoms. The van der Waals surface area contributed by atoms with Crippen molar-refractivity contribution in [2.75, 3.05) is 26.0 Å². The van der Waals surface area contributed by atoms with Crippen molar-refractivity contribution in [1.29, 1.82) is 0 Å². The zero-order valence-corrected chi connectivity index (χ0v) is 18.4. The van der Waals surface area contributed by atoms with E-state index in [1.165, 1.54) is 4.90 Å². The maximum Gasteiger partial charge on any atom is 0.339 e. The molecule has 0 saturated carbocycles. The van der Waals surface area contributed by atoms with Crippen LogP contribution in [0.4, 0.5) is 5.69 Å². The fourth-order valence-electron chi connectivity index (χ4n) is 3.76. The van der Waals surface area contributed by atoms with Crippen LogP contribution in [0.25, 0.3) is 0 Å². The van der Waals surface area contributed by atoms with Gasteiger partial charge in [-0.1, -0.05) is 30.3 Å². The summed E-state index contributed by atoms with van der Waals surface area (Å²) in [5, 5.41) is 2.76. The highest BCUT2D eigenvalue weighted by Gasteiger charge is 2.28. The molecule has 1 N–H and O–H groups in total. The van der Waals surface area contributed by atoms with Gasteiger partial charge in [-0.15, -0.1) is 0 Å². The zero-order valence-electron chi connectivity index (χ0n) is 18.4. The maximum atomic E-state index is 12.9. The second-order valence-corrected chi connectivity index (χ2v) is 7.82. The highest BCUT2D eigenvalue weighted by molar-refractivity contribution is 6.00. The molecule has 2 amide bonds. The molecular formula is C26H24N2O5. The van der Waals surface area contributed by atoms with E-state index < -0.39 is 12.1 Å². The van der Waals surface area contributed by atoms with E-state index in [-0.39, 0.29) is 18.4 Å². The molecule has 0 saturated heterocycles. The number of nitrogens with zero attached hydrogens (tertiary/aromatic N) is 1. The van der Waals surface area contributed by atoms with E-state index in [1.54, 1.807) is 56.6 Å². The number of amides is 2. The molecule has 1 heterocycles. The molecule has 4 rings (SSSR count). The van der Waals surface area contributed by atoms with E-state index in [0.29, 0.717) is 29.0 Å². The van der Waals surface area contributed by atoms with Crippen LogP contribution in [0, 0.1) is 0 Å². The number of nitrogens with one attached hydrogen (secondary N) is 1. The number of esters is 1. The minimum atomic E-state index is -0.406. The van der Waals surface area contributed by atoms with Gasteiger partial charge in [-0.2, -0.15) is 0 Å². The van der Waals surface area contributed by atoms with Crippen molar-refractivity contribution in [3.05, 3.63) is 95.1 Å². The summed E-state index contributed by atoms with van der Waals surface area (Å²) in [6, 6.07) is 21.4. The Balaban J connectivity index is 1.44. The summed E-state index contributed by atoms with van der Waals surface area (Å²) in [5.74, 6) is -0.345. The molecular weight excluding hydrogens is 420 g/mol. The number of carbonyl (C=O) groups is 3. The van der Waals surface area contributed by atoms with Crippen LogP contribution < -0.4 is 10.1 Å². The third-order valence-corrected chi connectivity index (χ3v) is 5.50. The molecule has 7 heteroatoms. The number of fused-ring (bicyclic) bond motifs is 1. The Morgan fingerprint density at radius 1 is 1.06 bits per heavy atom. The van der Waals surface area contributed by atoms with Crippen LogP contribution in [0.2, 0.25) is 0 Å². The molecule has 0 radical (unpaired) electrons. The number of anilines is 1. The topological polar surface area (TPSA) is 84.9 Å². The monoisotopic (exact) mass is 444 g/mol. The first-order valence-corrected chi connectivity index (χ1v) is 10.5. The largest absolute Gasteiger partial charge is 0.497 e. The standard InChI is InChI=1S/C26H24N2O5/c1-28(16-24(29)27-20-9-11-21(32-2)12-10-20)25(30)18-8-13-22-19(14-18)15-23(33-26(22)31)17-6-4-3-5-7-17/h3-14,23H,15-16H2,1-2H3,(H,27,29)/t23-/m1/s1. The number of hydrogen-bond acceptors (Lipinski definition) is 5. The van der Waals surface area contributed by atoms with Gasteiger partial charge in [-0.05, 0) is 53.6 Å². The van der Waals surface area contributed by atoms with Gasteiger partial charge in [0.15, 0.2) is 0 Å². The Hall–Kier alpha value is -4.13. The Morgan fingerprint density at radius 3 is 2.48 bits per heavy atom. The minimum Gasteiger partial charge on any atom is -0.497 e. The second-order valence-electron chi connectivity index (χ2n) is 7.82. The predicted molar refractivity (Wildman–Crippen MR) is 123 cm³/mol. The molecule has 1 aliphatic rings. The Morgan fingerprint density at radius 2 is 1.79 bits per heavy atom. The van der Waals surface area contributed by atoms with Gasteiger partial charge in [0.2, 0.25) is 5.91 Å². The van der Waals surface area contributed by atoms with Gasteiger partial charge in [0, 0.05) is 24.7 Å². The van der Waals surface area contributed by atoms with Crippen LogP contribution in [0.1, 0.15) is 37.9 Å². The Bertz CT molecular complexity index is 1180. The van der Waals surface area contributed by atoms with Crippen molar-refractivity contribution in [2.45, 2.75) is 12.5 Å². The summed E-state index contributed by atoms with van der Waals surface area (Å²) >= 11 is 0. The molecule has 7 nitrogen and oxygen atoms in total. The van der Waals surface area contributed by atoms with Gasteiger partial charge >= 0.3 is 5.97 Å². The van der Waals surface area contributed by atoms with Crippen molar-refractivity contribution in [3.8, 4) is 5.75 Å². The van der Waals surface area contributed by atoms with Crippen LogP contribution in [0.15, 0.2) is 72.8 Å². The molecule has 0 aromatic heterocycles. The summed E-state index contributed by atoms with van der Waals surface area (Å²) in [4.78, 5) is 39.1. The van der Waals surface area contributed by atoms with Crippen LogP contribution in [0.5, 0.6) is 5.75 Å². The van der Waals surface area contributed by atoms with Crippen LogP contribution in [-0.2, 0) is 16.0 Å². The molecule has 0 aliphatic carbocycles. The number of likely N-dealkylation sites (N-methyl/N-ethyl adjacent to an activating group) is 1. The molecule has 1 atom stereocenters. The lowest BCUT2D eigenvalue weighted by Crippen LogP contribution is -2.35. The third kappa shape index (κ3) is 5.03. The van der Waals surface area contributed by atoms with Crippen LogP contribution >= 0.6 is 0 Å². The quantitative estimate of drug-likeness (QED) is 0.584. The number of ether oxygens (including phenoxy) is 2. The summed E-state index contributed by atoms with van der Waals surface area (Å²) in [7, 11) is 3.13. The van der Waals surface area contributed by atoms with Gasteiger partial charge in [0.1, 0.15) is 11.9 Å². The van der Waals surface area contributed by atoms with E-state index in [2.05, 4.69) is 5.32 Å². The highest BCUT2D eigenvalue weighted by atomic mass is 16.5. The molecule has 0 unspecified atom stereocenters. The lowest BCUT2D eigenvalue weighted by molar-refractivity contribution is -0.116. The van der Waals surface area contributed by atoms with E-state index >= 15 is 0 Å². The molecule has 0 bridgehead atoms. The van der Waals surface area contributed by atoms with Crippen LogP contribution in [0.3, 0.4) is 0 Å². The molecule has 0 fully saturated rings. The zero-order chi connectivity index (χ0) is 23.4. The molecule has 3 aromatic carbocycles. The minimum absolute atomic E-state index is 0.114. The van der Waals surface area contributed by atoms with Crippen molar-refractivity contribution >= 4 is 23.5 Å². The predicted octanol–water partition coefficient (Wildman–Crippen LogP) is 3.86. The summed E-state index contributed by atoms with van der Waals surface area (Å²) in [6.45, 7) is -0.114. The van der Waals surface area contributed by atoms with Gasteiger partial charge in [0.05, 0.1) is 19.2 Å². The van der Waals surface area contributed by atoms with E-state index in [0.717, 1.165) is 11.1 Å². The average Bonchev–Trinajstić information content (AvgIpc) is 2.84. The Kier molecular flexibility index (Phi) is 6.40. The fraction of sp³-hybridized carbons (Fsp3) is 0.192. The number of carbonyl (C=O) groups excluding carboxylic acids is 3. The van der Waals surface area contributed by atoms with Crippen molar-refractivity contribution < 1.29 is 23.9 Å². The fourth-order valence-corrected chi connectivity index (χ4v) is 3.76. The average molecular weight is 444 g/mol. The lowest BCUT2D eigenvalue weighted by atomic mass is 9.93. The molecule has 168 valence electrons. The van der Waals surface area contributed by atoms with E-state index in [9.17, 15) is 14.4 Å². The lowest BCUT2D eigenvalue weighted by Gasteiger charge is -2.26. The van der Waals surface area contributed by atoms with Crippen LogP contribution in [-0.4, -0.2) is 43.4 Å². The first kappa shape index (κ1) is 22.1. The molecule has 3 aromatic rings. The third-order valence-electron chi connectivity index (χ3n) is 5.50. The van der Waals surface area contributed by atoms with E-state index in [1.807, 2.05) is 30.3 Å². The van der Waals surface area contributed by atoms with Crippen molar-refractivity contribution in [2.24, 2.45) is 0 Å². The number of cyclic esters (lactones) is 1. The molecule has 0 spiro atoms. The van der Waals surface area contributed by atoms with Gasteiger partial charge in [0.25, 0.3) is 5.91 Å². The van der Waals surface area contributed by atoms with Gasteiger partial charge in [-0.3, -0.25) is 9.59 Å². The highest BCUT2D eigenvalue weighted by Crippen LogP contribution is 2.31. The van der Waals surface area contributed by atoms with E-state index in [4.69, 9.17) is 9.47 Å². The first-order valence-electron chi connectivity index (χ1n) is 10.5. The number of methoxy groups -OCH3 is 1. The molecule has 1 aliphatic heterocycles. The normalized spacial score (nSPS) is 14.6. The second kappa shape index (κ2) is 9.56. The first-order chi connectivity index (χ1) is 15.9. The summed E-state index contributed by atoms with van der Waals surface area (Å²) in [5.41, 5.74) is 3.14. The van der Waals surface area contributed by atoms with Gasteiger partial charge < -0.3 is 19.7 Å². The number of benzene rings is 3. The van der Waals surface area contributed by atoms with Crippen molar-refractivity contribution in [1.82, 2.24) is 4.90 Å². The summed E-state index contributed by atoms with van der Waals surface area (Å²) < 4.78 is 10.7. The Labute approximate surface area is 191 Å². The number of hydrogen-bond donors (Lipinski definition) is 1. The van der Waals surface area contributed by atoms with Crippen molar-refractivity contribution in [3.63, 3.8) is 0 Å².